The largest absolute Gasteiger partial charge is 0.478 e. The molecule has 7 heteroatoms. The molecule has 96 valence electrons. The Bertz CT molecular complexity index is 500. The molecule has 1 saturated carbocycles. The van der Waals surface area contributed by atoms with Crippen LogP contribution >= 0.6 is 11.6 Å². The maximum absolute atomic E-state index is 11.0. The van der Waals surface area contributed by atoms with Crippen LogP contribution < -0.4 is 4.74 Å². The van der Waals surface area contributed by atoms with Crippen molar-refractivity contribution < 1.29 is 19.6 Å². The summed E-state index contributed by atoms with van der Waals surface area (Å²) in [5.74, 6) is -1.09. The van der Waals surface area contributed by atoms with Gasteiger partial charge in [-0.05, 0) is 18.9 Å². The number of benzene rings is 1. The van der Waals surface area contributed by atoms with Crippen LogP contribution in [-0.4, -0.2) is 22.1 Å². The Labute approximate surface area is 107 Å². The third-order valence-corrected chi connectivity index (χ3v) is 2.99. The van der Waals surface area contributed by atoms with Gasteiger partial charge < -0.3 is 9.84 Å². The zero-order valence-corrected chi connectivity index (χ0v) is 9.96. The number of non-ortho nitro benzene ring substituents is 1. The van der Waals surface area contributed by atoms with E-state index in [0.717, 1.165) is 18.9 Å². The first-order valence-corrected chi connectivity index (χ1v) is 5.70. The fourth-order valence-electron chi connectivity index (χ4n) is 1.58. The highest BCUT2D eigenvalue weighted by Gasteiger charge is 2.38. The molecule has 1 aromatic rings. The lowest BCUT2D eigenvalue weighted by atomic mass is 10.2. The van der Waals surface area contributed by atoms with Crippen molar-refractivity contribution in [3.05, 3.63) is 33.3 Å². The third kappa shape index (κ3) is 2.70. The van der Waals surface area contributed by atoms with Gasteiger partial charge in [0.1, 0.15) is 5.75 Å². The van der Waals surface area contributed by atoms with E-state index in [9.17, 15) is 14.9 Å². The topological polar surface area (TPSA) is 89.7 Å². The summed E-state index contributed by atoms with van der Waals surface area (Å²) in [6, 6.07) is 3.70. The fraction of sp³-hybridized carbons (Fsp3) is 0.364. The Morgan fingerprint density at radius 3 is 2.72 bits per heavy atom. The van der Waals surface area contributed by atoms with Gasteiger partial charge in [-0.3, -0.25) is 10.1 Å². The van der Waals surface area contributed by atoms with E-state index in [-0.39, 0.29) is 22.4 Å². The molecule has 2 rings (SSSR count). The van der Waals surface area contributed by atoms with E-state index in [1.807, 2.05) is 0 Å². The van der Waals surface area contributed by atoms with E-state index >= 15 is 0 Å². The molecule has 1 aromatic carbocycles. The Hall–Kier alpha value is -1.82. The van der Waals surface area contributed by atoms with Crippen LogP contribution in [-0.2, 0) is 4.79 Å². The van der Waals surface area contributed by atoms with Gasteiger partial charge in [-0.15, -0.1) is 0 Å². The van der Waals surface area contributed by atoms with E-state index in [1.165, 1.54) is 12.1 Å². The van der Waals surface area contributed by atoms with Crippen LogP contribution in [0.4, 0.5) is 5.69 Å². The van der Waals surface area contributed by atoms with Crippen LogP contribution in [0.5, 0.6) is 5.75 Å². The summed E-state index contributed by atoms with van der Waals surface area (Å²) in [6.45, 7) is 0. The van der Waals surface area contributed by atoms with E-state index in [1.54, 1.807) is 0 Å². The van der Waals surface area contributed by atoms with Crippen LogP contribution in [0.2, 0.25) is 5.02 Å². The lowest BCUT2D eigenvalue weighted by Gasteiger charge is -2.15. The van der Waals surface area contributed by atoms with Gasteiger partial charge in [0.15, 0.2) is 6.10 Å². The highest BCUT2D eigenvalue weighted by atomic mass is 35.5. The molecular weight excluding hydrogens is 262 g/mol. The third-order valence-electron chi connectivity index (χ3n) is 2.67. The number of halogens is 1. The van der Waals surface area contributed by atoms with Crippen molar-refractivity contribution in [2.45, 2.75) is 18.9 Å². The number of aliphatic carboxylic acids is 1. The van der Waals surface area contributed by atoms with Crippen LogP contribution in [0.15, 0.2) is 18.2 Å². The molecule has 0 radical (unpaired) electrons. The fourth-order valence-corrected chi connectivity index (χ4v) is 1.74. The van der Waals surface area contributed by atoms with E-state index in [0.29, 0.717) is 0 Å². The Balaban J connectivity index is 2.23. The van der Waals surface area contributed by atoms with Crippen LogP contribution in [0, 0.1) is 16.0 Å². The molecule has 0 amide bonds. The lowest BCUT2D eigenvalue weighted by molar-refractivity contribution is -0.384. The molecule has 0 saturated heterocycles. The lowest BCUT2D eigenvalue weighted by Crippen LogP contribution is -2.29. The predicted molar refractivity (Wildman–Crippen MR) is 62.9 cm³/mol. The first-order valence-electron chi connectivity index (χ1n) is 5.32. The summed E-state index contributed by atoms with van der Waals surface area (Å²) >= 11 is 5.83. The van der Waals surface area contributed by atoms with Crippen LogP contribution in [0.25, 0.3) is 0 Å². The Morgan fingerprint density at radius 1 is 1.56 bits per heavy atom. The molecule has 0 aromatic heterocycles. The van der Waals surface area contributed by atoms with E-state index in [2.05, 4.69) is 0 Å². The van der Waals surface area contributed by atoms with Crippen molar-refractivity contribution >= 4 is 23.3 Å². The summed E-state index contributed by atoms with van der Waals surface area (Å²) in [5, 5.41) is 19.8. The monoisotopic (exact) mass is 271 g/mol. The first-order chi connectivity index (χ1) is 8.49. The number of carboxylic acid groups (broad SMARTS) is 1. The quantitative estimate of drug-likeness (QED) is 0.656. The van der Waals surface area contributed by atoms with Gasteiger partial charge >= 0.3 is 5.97 Å². The number of nitro groups is 1. The number of rotatable bonds is 5. The van der Waals surface area contributed by atoms with Crippen LogP contribution in [0.3, 0.4) is 0 Å². The smallest absolute Gasteiger partial charge is 0.345 e. The van der Waals surface area contributed by atoms with Crippen molar-refractivity contribution in [3.63, 3.8) is 0 Å². The van der Waals surface area contributed by atoms with Gasteiger partial charge in [-0.1, -0.05) is 11.6 Å². The molecule has 18 heavy (non-hydrogen) atoms. The molecular formula is C11H10ClNO5. The molecule has 1 atom stereocenters. The number of nitro benzene ring substituents is 1. The summed E-state index contributed by atoms with van der Waals surface area (Å²) in [4.78, 5) is 21.0. The summed E-state index contributed by atoms with van der Waals surface area (Å²) in [7, 11) is 0. The van der Waals surface area contributed by atoms with Gasteiger partial charge in [0.05, 0.1) is 16.0 Å². The maximum Gasteiger partial charge on any atom is 0.345 e. The average Bonchev–Trinajstić information content (AvgIpc) is 3.11. The Kier molecular flexibility index (Phi) is 3.38. The highest BCUT2D eigenvalue weighted by Crippen LogP contribution is 2.37. The van der Waals surface area contributed by atoms with E-state index in [4.69, 9.17) is 21.4 Å². The average molecular weight is 272 g/mol. The molecule has 1 aliphatic carbocycles. The first kappa shape index (κ1) is 12.6. The molecule has 0 spiro atoms. The standard InChI is InChI=1S/C11H10ClNO5/c12-8-4-3-7(13(16)17)5-9(8)18-10(11(14)15)6-1-2-6/h3-6,10H,1-2H2,(H,14,15). The van der Waals surface area contributed by atoms with Crippen molar-refractivity contribution in [2.24, 2.45) is 5.92 Å². The highest BCUT2D eigenvalue weighted by molar-refractivity contribution is 6.32. The van der Waals surface area contributed by atoms with Gasteiger partial charge in [0.2, 0.25) is 0 Å². The SMILES string of the molecule is O=C(O)C(Oc1cc([N+](=O)[O-])ccc1Cl)C1CC1. The Morgan fingerprint density at radius 2 is 2.22 bits per heavy atom. The van der Waals surface area contributed by atoms with Crippen molar-refractivity contribution in [3.8, 4) is 5.75 Å². The number of carboxylic acids is 1. The molecule has 6 nitrogen and oxygen atoms in total. The predicted octanol–water partition coefficient (Wildman–Crippen LogP) is 2.49. The van der Waals surface area contributed by atoms with Gasteiger partial charge in [0.25, 0.3) is 5.69 Å². The van der Waals surface area contributed by atoms with Crippen molar-refractivity contribution in [2.75, 3.05) is 0 Å². The molecule has 0 bridgehead atoms. The second-order valence-electron chi connectivity index (χ2n) is 4.09. The van der Waals surface area contributed by atoms with Gasteiger partial charge in [-0.2, -0.15) is 0 Å². The zero-order valence-electron chi connectivity index (χ0n) is 9.21. The van der Waals surface area contributed by atoms with Gasteiger partial charge in [-0.25, -0.2) is 4.79 Å². The number of hydrogen-bond donors (Lipinski definition) is 1. The molecule has 0 aliphatic heterocycles. The minimum Gasteiger partial charge on any atom is -0.478 e. The number of hydrogen-bond acceptors (Lipinski definition) is 4. The second-order valence-corrected chi connectivity index (χ2v) is 4.49. The number of ether oxygens (including phenoxy) is 1. The number of carbonyl (C=O) groups is 1. The van der Waals surface area contributed by atoms with Crippen molar-refractivity contribution in [1.82, 2.24) is 0 Å². The second kappa shape index (κ2) is 4.81. The number of nitrogens with zero attached hydrogens (tertiary/aromatic N) is 1. The minimum absolute atomic E-state index is 0.0326. The molecule has 1 fully saturated rings. The van der Waals surface area contributed by atoms with Gasteiger partial charge in [0, 0.05) is 12.0 Å². The molecule has 0 heterocycles. The van der Waals surface area contributed by atoms with Crippen LogP contribution in [0.1, 0.15) is 12.8 Å². The summed E-state index contributed by atoms with van der Waals surface area (Å²) in [5.41, 5.74) is -0.186. The molecule has 1 unspecified atom stereocenters. The summed E-state index contributed by atoms with van der Waals surface area (Å²) < 4.78 is 5.29. The maximum atomic E-state index is 11.0. The molecule has 1 N–H and O–H groups in total. The zero-order chi connectivity index (χ0) is 13.3. The van der Waals surface area contributed by atoms with Crippen molar-refractivity contribution in [1.29, 1.82) is 0 Å². The van der Waals surface area contributed by atoms with E-state index < -0.39 is 17.0 Å². The summed E-state index contributed by atoms with van der Waals surface area (Å²) in [6.07, 6.45) is 0.567. The molecule has 1 aliphatic rings. The minimum atomic E-state index is -1.08. The normalized spacial score (nSPS) is 16.1.